The molecule has 0 radical (unpaired) electrons. The van der Waals surface area contributed by atoms with E-state index in [-0.39, 0.29) is 11.2 Å². The van der Waals surface area contributed by atoms with E-state index in [1.165, 1.54) is 0 Å². The standard InChI is InChI=1S/C13H26N2O/c1-11(10-12(16)13(2,3)4)14-8-7-9-15(5)6/h7-10H2,1-6H3. The van der Waals surface area contributed by atoms with Crippen LogP contribution >= 0.6 is 0 Å². The second kappa shape index (κ2) is 6.79. The number of carbonyl (C=O) groups excluding carboxylic acids is 1. The number of hydrogen-bond donors (Lipinski definition) is 0. The SMILES string of the molecule is CC(CC(=O)C(C)(C)C)=NCCCN(C)C. The summed E-state index contributed by atoms with van der Waals surface area (Å²) in [5.74, 6) is 0.265. The van der Waals surface area contributed by atoms with Crippen LogP contribution in [0.15, 0.2) is 4.99 Å². The van der Waals surface area contributed by atoms with Gasteiger partial charge in [0.1, 0.15) is 5.78 Å². The van der Waals surface area contributed by atoms with Crippen molar-refractivity contribution in [3.63, 3.8) is 0 Å². The first kappa shape index (κ1) is 15.3. The van der Waals surface area contributed by atoms with Gasteiger partial charge in [0, 0.05) is 24.1 Å². The summed E-state index contributed by atoms with van der Waals surface area (Å²) in [6, 6.07) is 0. The Kier molecular flexibility index (Phi) is 6.49. The van der Waals surface area contributed by atoms with Gasteiger partial charge in [-0.05, 0) is 34.0 Å². The number of hydrogen-bond acceptors (Lipinski definition) is 3. The molecule has 16 heavy (non-hydrogen) atoms. The van der Waals surface area contributed by atoms with Crippen LogP contribution in [0.3, 0.4) is 0 Å². The Balaban J connectivity index is 3.92. The minimum Gasteiger partial charge on any atom is -0.309 e. The average Bonchev–Trinajstić information content (AvgIpc) is 2.10. The van der Waals surface area contributed by atoms with Gasteiger partial charge in [0.05, 0.1) is 0 Å². The second-order valence-electron chi connectivity index (χ2n) is 5.62. The molecule has 0 spiro atoms. The van der Waals surface area contributed by atoms with Crippen LogP contribution in [-0.4, -0.2) is 43.6 Å². The van der Waals surface area contributed by atoms with Crippen LogP contribution in [0.4, 0.5) is 0 Å². The number of carbonyl (C=O) groups is 1. The highest BCUT2D eigenvalue weighted by atomic mass is 16.1. The lowest BCUT2D eigenvalue weighted by molar-refractivity contribution is -0.125. The molecule has 0 N–H and O–H groups in total. The van der Waals surface area contributed by atoms with Gasteiger partial charge >= 0.3 is 0 Å². The fraction of sp³-hybridized carbons (Fsp3) is 0.846. The molecule has 3 heteroatoms. The minimum atomic E-state index is -0.250. The molecule has 0 aromatic heterocycles. The Labute approximate surface area is 99.9 Å². The number of Topliss-reactive ketones (excluding diaryl/α,β-unsaturated/α-hetero) is 1. The fourth-order valence-corrected chi connectivity index (χ4v) is 1.21. The maximum atomic E-state index is 11.7. The van der Waals surface area contributed by atoms with E-state index >= 15 is 0 Å². The average molecular weight is 226 g/mol. The lowest BCUT2D eigenvalue weighted by atomic mass is 9.88. The van der Waals surface area contributed by atoms with E-state index in [0.29, 0.717) is 6.42 Å². The fourth-order valence-electron chi connectivity index (χ4n) is 1.21. The van der Waals surface area contributed by atoms with Gasteiger partial charge in [-0.2, -0.15) is 0 Å². The lowest BCUT2D eigenvalue weighted by Crippen LogP contribution is -2.22. The Morgan fingerprint density at radius 1 is 1.25 bits per heavy atom. The molecule has 0 saturated heterocycles. The highest BCUT2D eigenvalue weighted by Gasteiger charge is 2.21. The van der Waals surface area contributed by atoms with Crippen LogP contribution in [0.25, 0.3) is 0 Å². The van der Waals surface area contributed by atoms with E-state index in [4.69, 9.17) is 0 Å². The van der Waals surface area contributed by atoms with Gasteiger partial charge in [-0.25, -0.2) is 0 Å². The van der Waals surface area contributed by atoms with Gasteiger partial charge in [-0.3, -0.25) is 9.79 Å². The molecule has 0 unspecified atom stereocenters. The van der Waals surface area contributed by atoms with Crippen molar-refractivity contribution < 1.29 is 4.79 Å². The van der Waals surface area contributed by atoms with E-state index in [1.54, 1.807) is 0 Å². The summed E-state index contributed by atoms with van der Waals surface area (Å²) >= 11 is 0. The van der Waals surface area contributed by atoms with Crippen LogP contribution in [0.5, 0.6) is 0 Å². The molecule has 0 aliphatic rings. The zero-order chi connectivity index (χ0) is 12.8. The summed E-state index contributed by atoms with van der Waals surface area (Å²) < 4.78 is 0. The summed E-state index contributed by atoms with van der Waals surface area (Å²) in [6.07, 6.45) is 1.54. The number of ketones is 1. The Morgan fingerprint density at radius 2 is 1.81 bits per heavy atom. The molecule has 0 aliphatic heterocycles. The third kappa shape index (κ3) is 7.57. The van der Waals surface area contributed by atoms with E-state index in [2.05, 4.69) is 24.0 Å². The molecule has 0 bridgehead atoms. The van der Waals surface area contributed by atoms with Crippen molar-refractivity contribution in [2.24, 2.45) is 10.4 Å². The first-order chi connectivity index (χ1) is 7.23. The molecule has 0 aromatic rings. The topological polar surface area (TPSA) is 32.7 Å². The summed E-state index contributed by atoms with van der Waals surface area (Å²) in [5, 5.41) is 0. The van der Waals surface area contributed by atoms with Crippen molar-refractivity contribution in [3.05, 3.63) is 0 Å². The third-order valence-corrected chi connectivity index (χ3v) is 2.40. The normalized spacial score (nSPS) is 13.3. The molecule has 0 rings (SSSR count). The quantitative estimate of drug-likeness (QED) is 0.514. The van der Waals surface area contributed by atoms with E-state index < -0.39 is 0 Å². The molecule has 0 saturated carbocycles. The molecule has 0 fully saturated rings. The molecule has 3 nitrogen and oxygen atoms in total. The summed E-state index contributed by atoms with van der Waals surface area (Å²) in [4.78, 5) is 18.3. The highest BCUT2D eigenvalue weighted by Crippen LogP contribution is 2.16. The maximum absolute atomic E-state index is 11.7. The zero-order valence-corrected chi connectivity index (χ0v) is 11.6. The molecular formula is C13H26N2O. The molecule has 0 amide bonds. The Bertz CT molecular complexity index is 249. The van der Waals surface area contributed by atoms with Gasteiger partial charge < -0.3 is 4.90 Å². The van der Waals surface area contributed by atoms with Crippen molar-refractivity contribution >= 4 is 11.5 Å². The van der Waals surface area contributed by atoms with Crippen LogP contribution in [0.1, 0.15) is 40.5 Å². The maximum Gasteiger partial charge on any atom is 0.143 e. The first-order valence-corrected chi connectivity index (χ1v) is 5.91. The minimum absolute atomic E-state index is 0.250. The van der Waals surface area contributed by atoms with Crippen LogP contribution < -0.4 is 0 Å². The number of nitrogens with zero attached hydrogens (tertiary/aromatic N) is 2. The lowest BCUT2D eigenvalue weighted by Gasteiger charge is -2.16. The predicted molar refractivity (Wildman–Crippen MR) is 70.2 cm³/mol. The molecule has 0 atom stereocenters. The van der Waals surface area contributed by atoms with Crippen molar-refractivity contribution in [2.75, 3.05) is 27.2 Å². The third-order valence-electron chi connectivity index (χ3n) is 2.40. The van der Waals surface area contributed by atoms with Gasteiger partial charge in [-0.1, -0.05) is 20.8 Å². The van der Waals surface area contributed by atoms with Crippen LogP contribution in [-0.2, 0) is 4.79 Å². The van der Waals surface area contributed by atoms with E-state index in [1.807, 2.05) is 27.7 Å². The van der Waals surface area contributed by atoms with Crippen LogP contribution in [0.2, 0.25) is 0 Å². The van der Waals surface area contributed by atoms with Crippen molar-refractivity contribution in [1.29, 1.82) is 0 Å². The smallest absolute Gasteiger partial charge is 0.143 e. The largest absolute Gasteiger partial charge is 0.309 e. The summed E-state index contributed by atoms with van der Waals surface area (Å²) in [6.45, 7) is 9.67. The Hall–Kier alpha value is -0.700. The van der Waals surface area contributed by atoms with E-state index in [9.17, 15) is 4.79 Å². The highest BCUT2D eigenvalue weighted by molar-refractivity contribution is 6.02. The van der Waals surface area contributed by atoms with Crippen molar-refractivity contribution in [2.45, 2.75) is 40.5 Å². The second-order valence-corrected chi connectivity index (χ2v) is 5.62. The van der Waals surface area contributed by atoms with E-state index in [0.717, 1.165) is 25.2 Å². The van der Waals surface area contributed by atoms with Crippen molar-refractivity contribution in [1.82, 2.24) is 4.90 Å². The zero-order valence-electron chi connectivity index (χ0n) is 11.6. The van der Waals surface area contributed by atoms with Gasteiger partial charge in [0.2, 0.25) is 0 Å². The summed E-state index contributed by atoms with van der Waals surface area (Å²) in [5.41, 5.74) is 0.708. The van der Waals surface area contributed by atoms with Crippen molar-refractivity contribution in [3.8, 4) is 0 Å². The first-order valence-electron chi connectivity index (χ1n) is 5.91. The van der Waals surface area contributed by atoms with Gasteiger partial charge in [0.25, 0.3) is 0 Å². The molecule has 94 valence electrons. The summed E-state index contributed by atoms with van der Waals surface area (Å²) in [7, 11) is 4.11. The monoisotopic (exact) mass is 226 g/mol. The number of aliphatic imine (C=N–C) groups is 1. The van der Waals surface area contributed by atoms with Gasteiger partial charge in [-0.15, -0.1) is 0 Å². The molecule has 0 aliphatic carbocycles. The molecule has 0 heterocycles. The van der Waals surface area contributed by atoms with Crippen LogP contribution in [0, 0.1) is 5.41 Å². The molecular weight excluding hydrogens is 200 g/mol. The van der Waals surface area contributed by atoms with Gasteiger partial charge in [0.15, 0.2) is 0 Å². The Morgan fingerprint density at radius 3 is 2.25 bits per heavy atom. The predicted octanol–water partition coefficient (Wildman–Crippen LogP) is 2.40. The number of rotatable bonds is 6. The molecule has 0 aromatic carbocycles.